The zero-order valence-electron chi connectivity index (χ0n) is 6.66. The topological polar surface area (TPSA) is 17.2 Å². The molecular weight excluding hydrogens is 228 g/mol. The Morgan fingerprint density at radius 3 is 2.85 bits per heavy atom. The highest BCUT2D eigenvalue weighted by molar-refractivity contribution is 9.10. The summed E-state index contributed by atoms with van der Waals surface area (Å²) in [6.07, 6.45) is 1.72. The Labute approximate surface area is 84.2 Å². The van der Waals surface area contributed by atoms with E-state index in [0.717, 1.165) is 15.2 Å². The molecule has 13 heavy (non-hydrogen) atoms. The zero-order valence-corrected chi connectivity index (χ0v) is 8.25. The third-order valence-corrected chi connectivity index (χ3v) is 2.28. The lowest BCUT2D eigenvalue weighted by atomic mass is 10.2. The standard InChI is InChI=1S/C10H5BrN2/c1-12-10-5-8-4-9(11)3-2-7(8)6-13-10/h2-6H. The van der Waals surface area contributed by atoms with Gasteiger partial charge in [0.15, 0.2) is 0 Å². The van der Waals surface area contributed by atoms with Crippen molar-refractivity contribution in [3.8, 4) is 0 Å². The molecule has 2 rings (SSSR count). The van der Waals surface area contributed by atoms with Crippen LogP contribution in [-0.4, -0.2) is 4.98 Å². The summed E-state index contributed by atoms with van der Waals surface area (Å²) in [7, 11) is 0. The highest BCUT2D eigenvalue weighted by Crippen LogP contribution is 2.22. The molecule has 3 heteroatoms. The maximum atomic E-state index is 6.82. The smallest absolute Gasteiger partial charge is 0.270 e. The van der Waals surface area contributed by atoms with Gasteiger partial charge in [-0.15, -0.1) is 4.98 Å². The van der Waals surface area contributed by atoms with E-state index in [1.165, 1.54) is 0 Å². The molecular formula is C10H5BrN2. The highest BCUT2D eigenvalue weighted by Gasteiger charge is 1.98. The van der Waals surface area contributed by atoms with Gasteiger partial charge in [0, 0.05) is 9.86 Å². The average Bonchev–Trinajstić information content (AvgIpc) is 2.16. The van der Waals surface area contributed by atoms with Gasteiger partial charge in [0.2, 0.25) is 0 Å². The molecule has 0 aliphatic carbocycles. The fraction of sp³-hybridized carbons (Fsp3) is 0. The van der Waals surface area contributed by atoms with Crippen molar-refractivity contribution >= 4 is 32.5 Å². The van der Waals surface area contributed by atoms with Crippen molar-refractivity contribution in [2.24, 2.45) is 0 Å². The van der Waals surface area contributed by atoms with E-state index in [4.69, 9.17) is 6.57 Å². The van der Waals surface area contributed by atoms with Crippen molar-refractivity contribution in [3.05, 3.63) is 46.4 Å². The molecule has 0 aliphatic rings. The fourth-order valence-corrected chi connectivity index (χ4v) is 1.54. The summed E-state index contributed by atoms with van der Waals surface area (Å²) in [5.74, 6) is 0.436. The van der Waals surface area contributed by atoms with Gasteiger partial charge < -0.3 is 4.85 Å². The van der Waals surface area contributed by atoms with Crippen LogP contribution in [0.5, 0.6) is 0 Å². The highest BCUT2D eigenvalue weighted by atomic mass is 79.9. The van der Waals surface area contributed by atoms with Crippen molar-refractivity contribution in [3.63, 3.8) is 0 Å². The van der Waals surface area contributed by atoms with E-state index in [1.807, 2.05) is 18.2 Å². The largest absolute Gasteiger partial charge is 0.361 e. The summed E-state index contributed by atoms with van der Waals surface area (Å²) in [5, 5.41) is 2.09. The lowest BCUT2D eigenvalue weighted by Crippen LogP contribution is -1.75. The second kappa shape index (κ2) is 3.15. The monoisotopic (exact) mass is 232 g/mol. The normalized spacial score (nSPS) is 9.85. The van der Waals surface area contributed by atoms with E-state index >= 15 is 0 Å². The van der Waals surface area contributed by atoms with E-state index in [1.54, 1.807) is 12.3 Å². The van der Waals surface area contributed by atoms with Gasteiger partial charge >= 0.3 is 0 Å². The predicted molar refractivity (Wildman–Crippen MR) is 55.7 cm³/mol. The molecule has 1 heterocycles. The number of benzene rings is 1. The summed E-state index contributed by atoms with van der Waals surface area (Å²) in [6.45, 7) is 6.82. The molecule has 0 N–H and O–H groups in total. The first-order chi connectivity index (χ1) is 6.29. The van der Waals surface area contributed by atoms with Gasteiger partial charge in [0.1, 0.15) is 6.20 Å². The van der Waals surface area contributed by atoms with E-state index < -0.39 is 0 Å². The van der Waals surface area contributed by atoms with Gasteiger partial charge in [-0.2, -0.15) is 0 Å². The maximum Gasteiger partial charge on any atom is 0.270 e. The first-order valence-electron chi connectivity index (χ1n) is 3.72. The minimum absolute atomic E-state index is 0.436. The van der Waals surface area contributed by atoms with E-state index in [-0.39, 0.29) is 0 Å². The van der Waals surface area contributed by atoms with Crippen molar-refractivity contribution in [1.82, 2.24) is 4.98 Å². The van der Waals surface area contributed by atoms with Crippen molar-refractivity contribution in [2.45, 2.75) is 0 Å². The van der Waals surface area contributed by atoms with Crippen LogP contribution in [0.4, 0.5) is 5.82 Å². The Bertz CT molecular complexity index is 500. The molecule has 0 saturated carbocycles. The molecule has 0 radical (unpaired) electrons. The summed E-state index contributed by atoms with van der Waals surface area (Å²) in [4.78, 5) is 7.26. The van der Waals surface area contributed by atoms with Gasteiger partial charge in [0.25, 0.3) is 5.82 Å². The van der Waals surface area contributed by atoms with Crippen LogP contribution in [-0.2, 0) is 0 Å². The Balaban J connectivity index is 2.77. The van der Waals surface area contributed by atoms with Gasteiger partial charge in [0.05, 0.1) is 0 Å². The van der Waals surface area contributed by atoms with Crippen molar-refractivity contribution in [2.75, 3.05) is 0 Å². The van der Waals surface area contributed by atoms with Crippen LogP contribution in [0, 0.1) is 6.57 Å². The zero-order chi connectivity index (χ0) is 9.26. The number of hydrogen-bond donors (Lipinski definition) is 0. The number of pyridine rings is 1. The van der Waals surface area contributed by atoms with Crippen LogP contribution in [0.2, 0.25) is 0 Å². The van der Waals surface area contributed by atoms with E-state index in [9.17, 15) is 0 Å². The minimum Gasteiger partial charge on any atom is -0.361 e. The number of aromatic nitrogens is 1. The third kappa shape index (κ3) is 1.53. The lowest BCUT2D eigenvalue weighted by Gasteiger charge is -1.96. The van der Waals surface area contributed by atoms with Crippen LogP contribution in [0.25, 0.3) is 15.6 Å². The fourth-order valence-electron chi connectivity index (χ4n) is 1.16. The molecule has 0 fully saturated rings. The molecule has 0 bridgehead atoms. The molecule has 2 nitrogen and oxygen atoms in total. The van der Waals surface area contributed by atoms with Crippen LogP contribution in [0.3, 0.4) is 0 Å². The van der Waals surface area contributed by atoms with Gasteiger partial charge in [-0.05, 0) is 29.7 Å². The first kappa shape index (κ1) is 8.21. The molecule has 0 aliphatic heterocycles. The quantitative estimate of drug-likeness (QED) is 0.636. The molecule has 0 spiro atoms. The predicted octanol–water partition coefficient (Wildman–Crippen LogP) is 3.55. The van der Waals surface area contributed by atoms with Crippen LogP contribution >= 0.6 is 15.9 Å². The van der Waals surface area contributed by atoms with Crippen molar-refractivity contribution in [1.29, 1.82) is 0 Å². The summed E-state index contributed by atoms with van der Waals surface area (Å²) in [6, 6.07) is 7.69. The number of hydrogen-bond acceptors (Lipinski definition) is 1. The summed E-state index contributed by atoms with van der Waals surface area (Å²) >= 11 is 3.38. The summed E-state index contributed by atoms with van der Waals surface area (Å²) in [5.41, 5.74) is 0. The Kier molecular flexibility index (Phi) is 1.99. The molecule has 0 amide bonds. The SMILES string of the molecule is [C-]#[N+]c1cc2cc(Br)ccc2cn1. The molecule has 0 atom stereocenters. The van der Waals surface area contributed by atoms with Crippen LogP contribution in [0.1, 0.15) is 0 Å². The molecule has 1 aromatic carbocycles. The second-order valence-electron chi connectivity index (χ2n) is 2.65. The number of fused-ring (bicyclic) bond motifs is 1. The molecule has 0 saturated heterocycles. The molecule has 1 aromatic heterocycles. The Morgan fingerprint density at radius 2 is 2.08 bits per heavy atom. The van der Waals surface area contributed by atoms with Crippen molar-refractivity contribution < 1.29 is 0 Å². The number of nitrogens with zero attached hydrogens (tertiary/aromatic N) is 2. The lowest BCUT2D eigenvalue weighted by molar-refractivity contribution is 1.39. The minimum atomic E-state index is 0.436. The Hall–Kier alpha value is -1.40. The Morgan fingerprint density at radius 1 is 1.23 bits per heavy atom. The maximum absolute atomic E-state index is 6.82. The molecule has 62 valence electrons. The summed E-state index contributed by atoms with van der Waals surface area (Å²) < 4.78 is 1.02. The molecule has 2 aromatic rings. The van der Waals surface area contributed by atoms with E-state index in [2.05, 4.69) is 25.8 Å². The second-order valence-corrected chi connectivity index (χ2v) is 3.56. The first-order valence-corrected chi connectivity index (χ1v) is 4.52. The van der Waals surface area contributed by atoms with Gasteiger partial charge in [-0.1, -0.05) is 22.5 Å². The molecule has 0 unspecified atom stereocenters. The van der Waals surface area contributed by atoms with Gasteiger partial charge in [-0.3, -0.25) is 0 Å². The third-order valence-electron chi connectivity index (χ3n) is 1.78. The van der Waals surface area contributed by atoms with Gasteiger partial charge in [-0.25, -0.2) is 0 Å². The van der Waals surface area contributed by atoms with E-state index in [0.29, 0.717) is 5.82 Å². The number of rotatable bonds is 0. The number of halogens is 1. The average molecular weight is 233 g/mol. The van der Waals surface area contributed by atoms with Crippen LogP contribution in [0.15, 0.2) is 34.9 Å². The van der Waals surface area contributed by atoms with Crippen LogP contribution < -0.4 is 0 Å².